The van der Waals surface area contributed by atoms with E-state index in [4.69, 9.17) is 17.3 Å². The van der Waals surface area contributed by atoms with Gasteiger partial charge >= 0.3 is 0 Å². The van der Waals surface area contributed by atoms with Gasteiger partial charge in [-0.2, -0.15) is 0 Å². The SMILES string of the molecule is CCc1ccc(S(=O)(=O)Nc2ccc(C)c(Cl)c2)cc1N. The van der Waals surface area contributed by atoms with Crippen molar-refractivity contribution in [2.24, 2.45) is 0 Å². The molecular weight excluding hydrogens is 308 g/mol. The van der Waals surface area contributed by atoms with Gasteiger partial charge in [-0.15, -0.1) is 0 Å². The minimum Gasteiger partial charge on any atom is -0.398 e. The number of nitrogens with two attached hydrogens (primary N) is 1. The number of benzene rings is 2. The van der Waals surface area contributed by atoms with Crippen molar-refractivity contribution in [3.05, 3.63) is 52.5 Å². The summed E-state index contributed by atoms with van der Waals surface area (Å²) in [5.74, 6) is 0. The molecule has 4 nitrogen and oxygen atoms in total. The largest absolute Gasteiger partial charge is 0.398 e. The van der Waals surface area contributed by atoms with Gasteiger partial charge in [-0.1, -0.05) is 30.7 Å². The first-order valence-corrected chi connectivity index (χ1v) is 8.37. The van der Waals surface area contributed by atoms with Gasteiger partial charge in [-0.05, 0) is 48.7 Å². The molecule has 0 aliphatic rings. The summed E-state index contributed by atoms with van der Waals surface area (Å²) in [6, 6.07) is 9.76. The molecule has 0 saturated heterocycles. The van der Waals surface area contributed by atoms with Crippen LogP contribution in [0.4, 0.5) is 11.4 Å². The van der Waals surface area contributed by atoms with E-state index in [2.05, 4.69) is 4.72 Å². The van der Waals surface area contributed by atoms with Crippen LogP contribution in [0.1, 0.15) is 18.1 Å². The predicted molar refractivity (Wildman–Crippen MR) is 87.2 cm³/mol. The maximum absolute atomic E-state index is 12.3. The highest BCUT2D eigenvalue weighted by Gasteiger charge is 2.15. The number of aryl methyl sites for hydroxylation is 2. The van der Waals surface area contributed by atoms with Crippen LogP contribution in [-0.4, -0.2) is 8.42 Å². The molecule has 3 N–H and O–H groups in total. The predicted octanol–water partition coefficient (Wildman–Crippen LogP) is 3.59. The Hall–Kier alpha value is -1.72. The molecule has 0 radical (unpaired) electrons. The van der Waals surface area contributed by atoms with Gasteiger partial charge in [0.2, 0.25) is 0 Å². The average Bonchev–Trinajstić information content (AvgIpc) is 2.42. The molecule has 0 unspecified atom stereocenters. The molecule has 0 spiro atoms. The second-order valence-corrected chi connectivity index (χ2v) is 6.87. The zero-order valence-corrected chi connectivity index (χ0v) is 13.4. The van der Waals surface area contributed by atoms with Crippen LogP contribution in [-0.2, 0) is 16.4 Å². The van der Waals surface area contributed by atoms with Crippen molar-refractivity contribution in [1.82, 2.24) is 0 Å². The van der Waals surface area contributed by atoms with Crippen molar-refractivity contribution in [3.8, 4) is 0 Å². The highest BCUT2D eigenvalue weighted by molar-refractivity contribution is 7.92. The number of nitrogen functional groups attached to an aromatic ring is 1. The molecule has 21 heavy (non-hydrogen) atoms. The minimum atomic E-state index is -3.68. The molecule has 0 bridgehead atoms. The standard InChI is InChI=1S/C15H17ClN2O2S/c1-3-11-5-7-13(9-15(11)17)21(19,20)18-12-6-4-10(2)14(16)8-12/h4-9,18H,3,17H2,1-2H3. The lowest BCUT2D eigenvalue weighted by atomic mass is 10.1. The Bertz CT molecular complexity index is 773. The summed E-state index contributed by atoms with van der Waals surface area (Å²) in [6.07, 6.45) is 0.757. The Morgan fingerprint density at radius 3 is 2.48 bits per heavy atom. The van der Waals surface area contributed by atoms with Gasteiger partial charge in [-0.25, -0.2) is 8.42 Å². The van der Waals surface area contributed by atoms with Crippen LogP contribution in [0.5, 0.6) is 0 Å². The van der Waals surface area contributed by atoms with Crippen molar-refractivity contribution in [1.29, 1.82) is 0 Å². The summed E-state index contributed by atoms with van der Waals surface area (Å²) in [5.41, 5.74) is 8.56. The van der Waals surface area contributed by atoms with Gasteiger partial charge in [0.25, 0.3) is 10.0 Å². The summed E-state index contributed by atoms with van der Waals surface area (Å²) in [6.45, 7) is 3.82. The van der Waals surface area contributed by atoms with Crippen molar-refractivity contribution < 1.29 is 8.42 Å². The van der Waals surface area contributed by atoms with Crippen LogP contribution < -0.4 is 10.5 Å². The third-order valence-corrected chi connectivity index (χ3v) is 5.02. The highest BCUT2D eigenvalue weighted by atomic mass is 35.5. The molecule has 0 heterocycles. The van der Waals surface area contributed by atoms with Crippen molar-refractivity contribution in [3.63, 3.8) is 0 Å². The lowest BCUT2D eigenvalue weighted by molar-refractivity contribution is 0.601. The number of halogens is 1. The first-order valence-electron chi connectivity index (χ1n) is 6.51. The molecule has 0 saturated carbocycles. The summed E-state index contributed by atoms with van der Waals surface area (Å²) in [7, 11) is -3.68. The number of nitrogens with one attached hydrogen (secondary N) is 1. The Balaban J connectivity index is 2.33. The summed E-state index contributed by atoms with van der Waals surface area (Å²) >= 11 is 6.00. The molecule has 0 amide bonds. The van der Waals surface area contributed by atoms with E-state index in [0.29, 0.717) is 16.4 Å². The summed E-state index contributed by atoms with van der Waals surface area (Å²) in [5, 5.41) is 0.510. The molecule has 2 aromatic carbocycles. The number of sulfonamides is 1. The van der Waals surface area contributed by atoms with Crippen LogP contribution >= 0.6 is 11.6 Å². The van der Waals surface area contributed by atoms with Gasteiger partial charge in [0, 0.05) is 10.7 Å². The van der Waals surface area contributed by atoms with E-state index in [9.17, 15) is 8.42 Å². The third kappa shape index (κ3) is 3.49. The van der Waals surface area contributed by atoms with E-state index in [1.165, 1.54) is 6.07 Å². The van der Waals surface area contributed by atoms with Gasteiger partial charge in [0.05, 0.1) is 10.6 Å². The van der Waals surface area contributed by atoms with E-state index in [1.54, 1.807) is 30.3 Å². The highest BCUT2D eigenvalue weighted by Crippen LogP contribution is 2.24. The van der Waals surface area contributed by atoms with E-state index in [1.807, 2.05) is 13.8 Å². The molecule has 0 aliphatic heterocycles. The Labute approximate surface area is 130 Å². The fourth-order valence-electron chi connectivity index (χ4n) is 1.93. The zero-order valence-electron chi connectivity index (χ0n) is 11.9. The quantitative estimate of drug-likeness (QED) is 0.844. The molecule has 2 rings (SSSR count). The first kappa shape index (κ1) is 15.7. The maximum Gasteiger partial charge on any atom is 0.261 e. The fraction of sp³-hybridized carbons (Fsp3) is 0.200. The maximum atomic E-state index is 12.3. The van der Waals surface area contributed by atoms with Crippen LogP contribution in [0.25, 0.3) is 0 Å². The lowest BCUT2D eigenvalue weighted by Gasteiger charge is -2.11. The monoisotopic (exact) mass is 324 g/mol. The topological polar surface area (TPSA) is 72.2 Å². The van der Waals surface area contributed by atoms with E-state index >= 15 is 0 Å². The van der Waals surface area contributed by atoms with Gasteiger partial charge in [0.1, 0.15) is 0 Å². The van der Waals surface area contributed by atoms with Crippen molar-refractivity contribution in [2.45, 2.75) is 25.2 Å². The average molecular weight is 325 g/mol. The van der Waals surface area contributed by atoms with Gasteiger partial charge < -0.3 is 5.73 Å². The third-order valence-electron chi connectivity index (χ3n) is 3.23. The molecular formula is C15H17ClN2O2S. The molecule has 0 fully saturated rings. The Morgan fingerprint density at radius 1 is 1.19 bits per heavy atom. The minimum absolute atomic E-state index is 0.133. The fourth-order valence-corrected chi connectivity index (χ4v) is 3.20. The molecule has 0 atom stereocenters. The molecule has 0 aromatic heterocycles. The molecule has 0 aliphatic carbocycles. The smallest absolute Gasteiger partial charge is 0.261 e. The summed E-state index contributed by atoms with van der Waals surface area (Å²) < 4.78 is 27.2. The molecule has 112 valence electrons. The van der Waals surface area contributed by atoms with Crippen LogP contribution in [0.3, 0.4) is 0 Å². The van der Waals surface area contributed by atoms with E-state index in [0.717, 1.165) is 17.5 Å². The number of hydrogen-bond acceptors (Lipinski definition) is 3. The van der Waals surface area contributed by atoms with Crippen LogP contribution in [0.15, 0.2) is 41.3 Å². The normalized spacial score (nSPS) is 11.4. The number of rotatable bonds is 4. The second-order valence-electron chi connectivity index (χ2n) is 4.78. The first-order chi connectivity index (χ1) is 9.83. The Morgan fingerprint density at radius 2 is 1.90 bits per heavy atom. The van der Waals surface area contributed by atoms with Crippen LogP contribution in [0, 0.1) is 6.92 Å². The van der Waals surface area contributed by atoms with E-state index < -0.39 is 10.0 Å². The Kier molecular flexibility index (Phi) is 4.44. The number of hydrogen-bond donors (Lipinski definition) is 2. The van der Waals surface area contributed by atoms with Crippen molar-refractivity contribution >= 4 is 33.0 Å². The van der Waals surface area contributed by atoms with Gasteiger partial charge in [-0.3, -0.25) is 4.72 Å². The number of anilines is 2. The lowest BCUT2D eigenvalue weighted by Crippen LogP contribution is -2.13. The van der Waals surface area contributed by atoms with Gasteiger partial charge in [0.15, 0.2) is 0 Å². The summed E-state index contributed by atoms with van der Waals surface area (Å²) in [4.78, 5) is 0.133. The van der Waals surface area contributed by atoms with Crippen molar-refractivity contribution in [2.75, 3.05) is 10.5 Å². The zero-order chi connectivity index (χ0) is 15.6. The van der Waals surface area contributed by atoms with Crippen LogP contribution in [0.2, 0.25) is 5.02 Å². The second kappa shape index (κ2) is 5.95. The molecule has 6 heteroatoms. The van der Waals surface area contributed by atoms with E-state index in [-0.39, 0.29) is 4.90 Å². The molecule has 2 aromatic rings.